The summed E-state index contributed by atoms with van der Waals surface area (Å²) in [6.07, 6.45) is 4.70. The summed E-state index contributed by atoms with van der Waals surface area (Å²) in [4.78, 5) is 25.0. The van der Waals surface area contributed by atoms with E-state index < -0.39 is 11.9 Å². The Bertz CT molecular complexity index is 316. The minimum absolute atomic E-state index is 0.0813. The highest BCUT2D eigenvalue weighted by atomic mass is 16.4. The van der Waals surface area contributed by atoms with Crippen LogP contribution in [0.4, 0.5) is 0 Å². The number of carbonyl (C=O) groups excluding carboxylic acids is 1. The number of carboxylic acid groups (broad SMARTS) is 1. The first kappa shape index (κ1) is 12.4. The molecule has 1 heterocycles. The van der Waals surface area contributed by atoms with E-state index in [4.69, 9.17) is 5.11 Å². The SMILES string of the molecule is CC1CCCN(C(=O)C2CCC2C(=O)O)CC1. The van der Waals surface area contributed by atoms with E-state index in [0.717, 1.165) is 32.4 Å². The summed E-state index contributed by atoms with van der Waals surface area (Å²) in [5, 5.41) is 8.98. The van der Waals surface area contributed by atoms with Crippen molar-refractivity contribution in [3.63, 3.8) is 0 Å². The number of carbonyl (C=O) groups is 2. The molecule has 0 aromatic rings. The molecule has 1 amide bonds. The van der Waals surface area contributed by atoms with Crippen molar-refractivity contribution in [1.29, 1.82) is 0 Å². The summed E-state index contributed by atoms with van der Waals surface area (Å²) in [5.41, 5.74) is 0. The van der Waals surface area contributed by atoms with Crippen LogP contribution in [0.5, 0.6) is 0 Å². The molecule has 1 saturated carbocycles. The lowest BCUT2D eigenvalue weighted by atomic mass is 9.73. The molecule has 1 aliphatic heterocycles. The molecule has 1 aliphatic carbocycles. The number of rotatable bonds is 2. The average molecular weight is 239 g/mol. The first-order chi connectivity index (χ1) is 8.09. The third-order valence-electron chi connectivity index (χ3n) is 4.24. The van der Waals surface area contributed by atoms with Crippen molar-refractivity contribution in [2.24, 2.45) is 17.8 Å². The van der Waals surface area contributed by atoms with Gasteiger partial charge in [-0.2, -0.15) is 0 Å². The molecule has 3 atom stereocenters. The molecule has 0 bridgehead atoms. The number of amides is 1. The highest BCUT2D eigenvalue weighted by molar-refractivity contribution is 5.86. The van der Waals surface area contributed by atoms with E-state index in [1.54, 1.807) is 0 Å². The van der Waals surface area contributed by atoms with Gasteiger partial charge in [0, 0.05) is 13.1 Å². The average Bonchev–Trinajstić information content (AvgIpc) is 2.40. The predicted octanol–water partition coefficient (Wildman–Crippen LogP) is 1.75. The third kappa shape index (κ3) is 2.61. The molecular weight excluding hydrogens is 218 g/mol. The lowest BCUT2D eigenvalue weighted by Gasteiger charge is -2.36. The highest BCUT2D eigenvalue weighted by Gasteiger charge is 2.43. The third-order valence-corrected chi connectivity index (χ3v) is 4.24. The standard InChI is InChI=1S/C13H21NO3/c1-9-3-2-7-14(8-6-9)12(15)10-4-5-11(10)13(16)17/h9-11H,2-8H2,1H3,(H,16,17). The van der Waals surface area contributed by atoms with Crippen molar-refractivity contribution in [3.05, 3.63) is 0 Å². The first-order valence-electron chi connectivity index (χ1n) is 6.61. The van der Waals surface area contributed by atoms with Crippen LogP contribution < -0.4 is 0 Å². The molecular formula is C13H21NO3. The smallest absolute Gasteiger partial charge is 0.307 e. The molecule has 3 unspecified atom stereocenters. The Hall–Kier alpha value is -1.06. The Labute approximate surface area is 102 Å². The van der Waals surface area contributed by atoms with Gasteiger partial charge in [0.15, 0.2) is 0 Å². The summed E-state index contributed by atoms with van der Waals surface area (Å²) in [6, 6.07) is 0. The number of aliphatic carboxylic acids is 1. The maximum absolute atomic E-state index is 12.2. The molecule has 0 radical (unpaired) electrons. The Morgan fingerprint density at radius 2 is 1.76 bits per heavy atom. The molecule has 17 heavy (non-hydrogen) atoms. The van der Waals surface area contributed by atoms with E-state index >= 15 is 0 Å². The van der Waals surface area contributed by atoms with Gasteiger partial charge in [0.2, 0.25) is 5.91 Å². The van der Waals surface area contributed by atoms with E-state index in [9.17, 15) is 9.59 Å². The molecule has 0 spiro atoms. The van der Waals surface area contributed by atoms with Crippen LogP contribution in [0.2, 0.25) is 0 Å². The van der Waals surface area contributed by atoms with Gasteiger partial charge >= 0.3 is 5.97 Å². The van der Waals surface area contributed by atoms with Crippen molar-refractivity contribution in [3.8, 4) is 0 Å². The number of nitrogens with zero attached hydrogens (tertiary/aromatic N) is 1. The van der Waals surface area contributed by atoms with Gasteiger partial charge in [-0.3, -0.25) is 9.59 Å². The minimum atomic E-state index is -0.808. The molecule has 0 aromatic carbocycles. The molecule has 1 saturated heterocycles. The molecule has 2 aliphatic rings. The summed E-state index contributed by atoms with van der Waals surface area (Å²) in [6.45, 7) is 3.84. The lowest BCUT2D eigenvalue weighted by molar-refractivity contribution is -0.156. The first-order valence-corrected chi connectivity index (χ1v) is 6.61. The Morgan fingerprint density at radius 3 is 2.35 bits per heavy atom. The number of carboxylic acids is 1. The maximum atomic E-state index is 12.2. The Morgan fingerprint density at radius 1 is 1.06 bits per heavy atom. The predicted molar refractivity (Wildman–Crippen MR) is 63.4 cm³/mol. The zero-order valence-corrected chi connectivity index (χ0v) is 10.4. The van der Waals surface area contributed by atoms with Crippen LogP contribution >= 0.6 is 0 Å². The van der Waals surface area contributed by atoms with Crippen molar-refractivity contribution in [2.75, 3.05) is 13.1 Å². The fourth-order valence-corrected chi connectivity index (χ4v) is 2.81. The van der Waals surface area contributed by atoms with E-state index in [1.807, 2.05) is 4.90 Å². The van der Waals surface area contributed by atoms with Crippen molar-refractivity contribution in [1.82, 2.24) is 4.90 Å². The Balaban J connectivity index is 1.93. The van der Waals surface area contributed by atoms with Crippen LogP contribution in [0.3, 0.4) is 0 Å². The van der Waals surface area contributed by atoms with Crippen molar-refractivity contribution < 1.29 is 14.7 Å². The second-order valence-electron chi connectivity index (χ2n) is 5.49. The van der Waals surface area contributed by atoms with Crippen LogP contribution in [-0.2, 0) is 9.59 Å². The van der Waals surface area contributed by atoms with Crippen LogP contribution in [0.1, 0.15) is 39.0 Å². The largest absolute Gasteiger partial charge is 0.481 e. The molecule has 4 heteroatoms. The topological polar surface area (TPSA) is 57.6 Å². The summed E-state index contributed by atoms with van der Waals surface area (Å²) < 4.78 is 0. The summed E-state index contributed by atoms with van der Waals surface area (Å²) in [5.74, 6) is -0.718. The fraction of sp³-hybridized carbons (Fsp3) is 0.846. The normalized spacial score (nSPS) is 33.7. The van der Waals surface area contributed by atoms with E-state index in [0.29, 0.717) is 12.3 Å². The van der Waals surface area contributed by atoms with Crippen LogP contribution in [-0.4, -0.2) is 35.0 Å². The van der Waals surface area contributed by atoms with Gasteiger partial charge in [-0.1, -0.05) is 6.92 Å². The van der Waals surface area contributed by atoms with Gasteiger partial charge in [0.25, 0.3) is 0 Å². The molecule has 96 valence electrons. The van der Waals surface area contributed by atoms with E-state index in [2.05, 4.69) is 6.92 Å². The quantitative estimate of drug-likeness (QED) is 0.798. The molecule has 1 N–H and O–H groups in total. The van der Waals surface area contributed by atoms with Crippen molar-refractivity contribution in [2.45, 2.75) is 39.0 Å². The van der Waals surface area contributed by atoms with Gasteiger partial charge in [0.1, 0.15) is 0 Å². The maximum Gasteiger partial charge on any atom is 0.307 e. The van der Waals surface area contributed by atoms with Crippen LogP contribution in [0.15, 0.2) is 0 Å². The van der Waals surface area contributed by atoms with E-state index in [1.165, 1.54) is 6.42 Å². The van der Waals surface area contributed by atoms with E-state index in [-0.39, 0.29) is 11.8 Å². The zero-order chi connectivity index (χ0) is 12.4. The van der Waals surface area contributed by atoms with Gasteiger partial charge < -0.3 is 10.0 Å². The molecule has 4 nitrogen and oxygen atoms in total. The Kier molecular flexibility index (Phi) is 3.69. The van der Waals surface area contributed by atoms with Crippen molar-refractivity contribution >= 4 is 11.9 Å². The fourth-order valence-electron chi connectivity index (χ4n) is 2.81. The highest BCUT2D eigenvalue weighted by Crippen LogP contribution is 2.36. The second kappa shape index (κ2) is 5.07. The molecule has 2 fully saturated rings. The van der Waals surface area contributed by atoms with Crippen LogP contribution in [0, 0.1) is 17.8 Å². The van der Waals surface area contributed by atoms with Gasteiger partial charge in [-0.15, -0.1) is 0 Å². The number of likely N-dealkylation sites (tertiary alicyclic amines) is 1. The summed E-state index contributed by atoms with van der Waals surface area (Å²) >= 11 is 0. The monoisotopic (exact) mass is 239 g/mol. The molecule has 2 rings (SSSR count). The number of hydrogen-bond acceptors (Lipinski definition) is 2. The second-order valence-corrected chi connectivity index (χ2v) is 5.49. The number of hydrogen-bond donors (Lipinski definition) is 1. The van der Waals surface area contributed by atoms with Gasteiger partial charge in [0.05, 0.1) is 11.8 Å². The van der Waals surface area contributed by atoms with Gasteiger partial charge in [-0.05, 0) is 38.0 Å². The van der Waals surface area contributed by atoms with Gasteiger partial charge in [-0.25, -0.2) is 0 Å². The molecule has 0 aromatic heterocycles. The lowest BCUT2D eigenvalue weighted by Crippen LogP contribution is -2.46. The minimum Gasteiger partial charge on any atom is -0.481 e. The zero-order valence-electron chi connectivity index (χ0n) is 10.4. The van der Waals surface area contributed by atoms with Crippen LogP contribution in [0.25, 0.3) is 0 Å². The summed E-state index contributed by atoms with van der Waals surface area (Å²) in [7, 11) is 0.